The molecule has 0 spiro atoms. The number of ether oxygens (including phenoxy) is 1. The van der Waals surface area contributed by atoms with Gasteiger partial charge in [-0.05, 0) is 60.5 Å². The number of hydrogen-bond acceptors (Lipinski definition) is 4. The van der Waals surface area contributed by atoms with Gasteiger partial charge in [-0.2, -0.15) is 13.2 Å². The zero-order valence-corrected chi connectivity index (χ0v) is 19.3. The summed E-state index contributed by atoms with van der Waals surface area (Å²) >= 11 is 0. The first-order chi connectivity index (χ1) is 16.0. The molecule has 34 heavy (non-hydrogen) atoms. The van der Waals surface area contributed by atoms with Crippen LogP contribution < -0.4 is 14.4 Å². The van der Waals surface area contributed by atoms with E-state index in [0.717, 1.165) is 16.4 Å². The first-order valence-corrected chi connectivity index (χ1v) is 11.6. The molecule has 0 saturated carbocycles. The van der Waals surface area contributed by atoms with E-state index in [9.17, 15) is 26.4 Å². The van der Waals surface area contributed by atoms with Crippen molar-refractivity contribution in [3.8, 4) is 5.75 Å². The van der Waals surface area contributed by atoms with Gasteiger partial charge in [0.25, 0.3) is 15.9 Å². The molecule has 0 atom stereocenters. The molecule has 0 aliphatic carbocycles. The van der Waals surface area contributed by atoms with E-state index >= 15 is 0 Å². The minimum atomic E-state index is -4.39. The third kappa shape index (κ3) is 5.69. The molecule has 3 aromatic carbocycles. The van der Waals surface area contributed by atoms with Crippen molar-refractivity contribution in [3.05, 3.63) is 89.5 Å². The first-order valence-electron chi connectivity index (χ1n) is 10.2. The Balaban J connectivity index is 1.62. The highest BCUT2D eigenvalue weighted by Crippen LogP contribution is 2.31. The van der Waals surface area contributed by atoms with E-state index in [1.807, 2.05) is 0 Å². The number of nitrogens with zero attached hydrogens (tertiary/aromatic N) is 1. The monoisotopic (exact) mass is 492 g/mol. The Morgan fingerprint density at radius 2 is 1.59 bits per heavy atom. The smallest absolute Gasteiger partial charge is 0.416 e. The molecule has 1 amide bonds. The second-order valence-electron chi connectivity index (χ2n) is 7.37. The quantitative estimate of drug-likeness (QED) is 0.502. The molecule has 3 rings (SSSR count). The molecule has 1 N–H and O–H groups in total. The summed E-state index contributed by atoms with van der Waals surface area (Å²) in [4.78, 5) is 12.4. The van der Waals surface area contributed by atoms with Gasteiger partial charge in [-0.1, -0.05) is 24.3 Å². The Morgan fingerprint density at radius 3 is 2.18 bits per heavy atom. The number of anilines is 1. The standard InChI is InChI=1S/C24H23F3N2O4S/c1-29(21-5-3-4-6-22(21)33-2)34(31,32)20-13-9-18(10-14-20)23(30)28-16-15-17-7-11-19(12-8-17)24(25,26)27/h3-14H,15-16H2,1-2H3,(H,28,30). The Kier molecular flexibility index (Phi) is 7.51. The number of para-hydroxylation sites is 2. The van der Waals surface area contributed by atoms with Crippen LogP contribution in [0.25, 0.3) is 0 Å². The topological polar surface area (TPSA) is 75.7 Å². The molecule has 180 valence electrons. The SMILES string of the molecule is COc1ccccc1N(C)S(=O)(=O)c1ccc(C(=O)NCCc2ccc(C(F)(F)F)cc2)cc1. The molecule has 0 saturated heterocycles. The molecule has 0 aliphatic heterocycles. The fraction of sp³-hybridized carbons (Fsp3) is 0.208. The molecule has 10 heteroatoms. The number of alkyl halides is 3. The summed E-state index contributed by atoms with van der Waals surface area (Å²) in [5.41, 5.74) is 0.544. The van der Waals surface area contributed by atoms with Crippen molar-refractivity contribution in [1.29, 1.82) is 0 Å². The summed E-state index contributed by atoms with van der Waals surface area (Å²) in [7, 11) is -1.03. The summed E-state index contributed by atoms with van der Waals surface area (Å²) < 4.78 is 70.2. The zero-order chi connectivity index (χ0) is 24.9. The highest BCUT2D eigenvalue weighted by atomic mass is 32.2. The van der Waals surface area contributed by atoms with Crippen molar-refractivity contribution in [2.45, 2.75) is 17.5 Å². The molecule has 0 unspecified atom stereocenters. The molecule has 0 bridgehead atoms. The van der Waals surface area contributed by atoms with Crippen molar-refractivity contribution in [2.75, 3.05) is 25.0 Å². The maximum atomic E-state index is 13.0. The number of methoxy groups -OCH3 is 1. The maximum absolute atomic E-state index is 13.0. The predicted molar refractivity (Wildman–Crippen MR) is 123 cm³/mol. The number of rotatable bonds is 8. The molecule has 0 aliphatic rings. The average Bonchev–Trinajstić information content (AvgIpc) is 2.83. The molecule has 3 aromatic rings. The minimum absolute atomic E-state index is 0.00205. The van der Waals surface area contributed by atoms with Crippen LogP contribution in [-0.4, -0.2) is 35.0 Å². The van der Waals surface area contributed by atoms with E-state index in [4.69, 9.17) is 4.74 Å². The van der Waals surface area contributed by atoms with Gasteiger partial charge in [0.1, 0.15) is 5.75 Å². The van der Waals surface area contributed by atoms with Crippen LogP contribution in [0.1, 0.15) is 21.5 Å². The number of carbonyl (C=O) groups is 1. The Bertz CT molecular complexity index is 1240. The fourth-order valence-corrected chi connectivity index (χ4v) is 4.44. The summed E-state index contributed by atoms with van der Waals surface area (Å²) in [5, 5.41) is 2.68. The third-order valence-electron chi connectivity index (χ3n) is 5.18. The molecule has 0 aromatic heterocycles. The number of sulfonamides is 1. The van der Waals surface area contributed by atoms with Gasteiger partial charge in [0.15, 0.2) is 0 Å². The van der Waals surface area contributed by atoms with Gasteiger partial charge in [-0.3, -0.25) is 9.10 Å². The van der Waals surface area contributed by atoms with Crippen LogP contribution in [0, 0.1) is 0 Å². The summed E-state index contributed by atoms with van der Waals surface area (Å²) in [6.45, 7) is 0.209. The maximum Gasteiger partial charge on any atom is 0.416 e. The lowest BCUT2D eigenvalue weighted by Gasteiger charge is -2.21. The van der Waals surface area contributed by atoms with Crippen LogP contribution in [0.5, 0.6) is 5.75 Å². The van der Waals surface area contributed by atoms with E-state index in [1.54, 1.807) is 24.3 Å². The minimum Gasteiger partial charge on any atom is -0.495 e. The number of hydrogen-bond donors (Lipinski definition) is 1. The van der Waals surface area contributed by atoms with Crippen LogP contribution in [-0.2, 0) is 22.6 Å². The van der Waals surface area contributed by atoms with E-state index in [-0.39, 0.29) is 17.0 Å². The van der Waals surface area contributed by atoms with E-state index < -0.39 is 27.7 Å². The third-order valence-corrected chi connectivity index (χ3v) is 6.97. The lowest BCUT2D eigenvalue weighted by Crippen LogP contribution is -2.27. The van der Waals surface area contributed by atoms with Crippen molar-refractivity contribution in [3.63, 3.8) is 0 Å². The van der Waals surface area contributed by atoms with Crippen LogP contribution in [0.3, 0.4) is 0 Å². The second kappa shape index (κ2) is 10.2. The fourth-order valence-electron chi connectivity index (χ4n) is 3.24. The predicted octanol–water partition coefficient (Wildman–Crippen LogP) is 4.51. The Morgan fingerprint density at radius 1 is 0.971 bits per heavy atom. The molecular formula is C24H23F3N2O4S. The summed E-state index contributed by atoms with van der Waals surface area (Å²) in [6.07, 6.45) is -4.05. The average molecular weight is 493 g/mol. The molecule has 0 heterocycles. The van der Waals surface area contributed by atoms with Gasteiger partial charge in [0.2, 0.25) is 0 Å². The lowest BCUT2D eigenvalue weighted by atomic mass is 10.1. The van der Waals surface area contributed by atoms with Crippen LogP contribution >= 0.6 is 0 Å². The number of amides is 1. The normalized spacial score (nSPS) is 11.7. The van der Waals surface area contributed by atoms with Gasteiger partial charge in [-0.15, -0.1) is 0 Å². The van der Waals surface area contributed by atoms with Gasteiger partial charge in [0, 0.05) is 19.2 Å². The number of halogens is 3. The van der Waals surface area contributed by atoms with E-state index in [2.05, 4.69) is 5.32 Å². The highest BCUT2D eigenvalue weighted by molar-refractivity contribution is 7.92. The summed E-state index contributed by atoms with van der Waals surface area (Å²) in [6, 6.07) is 16.9. The van der Waals surface area contributed by atoms with Crippen LogP contribution in [0.2, 0.25) is 0 Å². The number of benzene rings is 3. The molecule has 6 nitrogen and oxygen atoms in total. The second-order valence-corrected chi connectivity index (χ2v) is 9.34. The van der Waals surface area contributed by atoms with Crippen molar-refractivity contribution in [1.82, 2.24) is 5.32 Å². The summed E-state index contributed by atoms with van der Waals surface area (Å²) in [5.74, 6) is -0.0217. The Labute approximate surface area is 196 Å². The van der Waals surface area contributed by atoms with Gasteiger partial charge in [0.05, 0.1) is 23.3 Å². The van der Waals surface area contributed by atoms with Crippen molar-refractivity contribution < 1.29 is 31.1 Å². The number of carbonyl (C=O) groups excluding carboxylic acids is 1. The van der Waals surface area contributed by atoms with Crippen molar-refractivity contribution in [2.24, 2.45) is 0 Å². The first kappa shape index (κ1) is 25.1. The van der Waals surface area contributed by atoms with Crippen LogP contribution in [0.4, 0.5) is 18.9 Å². The van der Waals surface area contributed by atoms with Crippen molar-refractivity contribution >= 4 is 21.6 Å². The van der Waals surface area contributed by atoms with Gasteiger partial charge >= 0.3 is 6.18 Å². The van der Waals surface area contributed by atoms with Gasteiger partial charge in [-0.25, -0.2) is 8.42 Å². The largest absolute Gasteiger partial charge is 0.495 e. The molecular weight excluding hydrogens is 469 g/mol. The zero-order valence-electron chi connectivity index (χ0n) is 18.5. The van der Waals surface area contributed by atoms with E-state index in [1.165, 1.54) is 50.6 Å². The Hall–Kier alpha value is -3.53. The van der Waals surface area contributed by atoms with Crippen LogP contribution in [0.15, 0.2) is 77.7 Å². The highest BCUT2D eigenvalue weighted by Gasteiger charge is 2.30. The lowest BCUT2D eigenvalue weighted by molar-refractivity contribution is -0.137. The molecule has 0 fully saturated rings. The number of nitrogens with one attached hydrogen (secondary N) is 1. The van der Waals surface area contributed by atoms with Gasteiger partial charge < -0.3 is 10.1 Å². The molecule has 0 radical (unpaired) electrons. The van der Waals surface area contributed by atoms with E-state index in [0.29, 0.717) is 23.4 Å².